The summed E-state index contributed by atoms with van der Waals surface area (Å²) in [6.07, 6.45) is 5.97. The van der Waals surface area contributed by atoms with Crippen LogP contribution in [0.3, 0.4) is 0 Å². The largest absolute Gasteiger partial charge is 0.381 e. The minimum Gasteiger partial charge on any atom is -0.381 e. The van der Waals surface area contributed by atoms with Gasteiger partial charge in [-0.1, -0.05) is 0 Å². The smallest absolute Gasteiger partial charge is 0.231 e. The van der Waals surface area contributed by atoms with Crippen LogP contribution in [0.1, 0.15) is 32.1 Å². The van der Waals surface area contributed by atoms with Crippen molar-refractivity contribution in [1.82, 2.24) is 15.0 Å². The highest BCUT2D eigenvalue weighted by Crippen LogP contribution is 2.26. The van der Waals surface area contributed by atoms with Gasteiger partial charge in [0, 0.05) is 26.2 Å². The first-order valence-electron chi connectivity index (χ1n) is 7.20. The second kappa shape index (κ2) is 6.10. The van der Waals surface area contributed by atoms with E-state index in [1.165, 1.54) is 19.3 Å². The summed E-state index contributed by atoms with van der Waals surface area (Å²) in [7, 11) is 1.75. The van der Waals surface area contributed by atoms with E-state index in [1.54, 1.807) is 7.11 Å². The topological polar surface area (TPSA) is 63.2 Å². The molecule has 1 N–H and O–H groups in total. The third kappa shape index (κ3) is 3.12. The summed E-state index contributed by atoms with van der Waals surface area (Å²) < 4.78 is 5.27. The molecule has 1 aromatic rings. The van der Waals surface area contributed by atoms with Gasteiger partial charge >= 0.3 is 0 Å². The molecule has 7 heteroatoms. The first-order chi connectivity index (χ1) is 9.74. The van der Waals surface area contributed by atoms with Gasteiger partial charge in [-0.2, -0.15) is 15.0 Å². The van der Waals surface area contributed by atoms with Crippen LogP contribution < -0.4 is 10.2 Å². The predicted molar refractivity (Wildman–Crippen MR) is 78.3 cm³/mol. The molecule has 6 nitrogen and oxygen atoms in total. The highest BCUT2D eigenvalue weighted by Gasteiger charge is 2.29. The fourth-order valence-electron chi connectivity index (χ4n) is 2.70. The highest BCUT2D eigenvalue weighted by atomic mass is 35.5. The Morgan fingerprint density at radius 3 is 2.60 bits per heavy atom. The van der Waals surface area contributed by atoms with Gasteiger partial charge in [0.05, 0.1) is 6.10 Å². The van der Waals surface area contributed by atoms with E-state index in [0.29, 0.717) is 24.0 Å². The quantitative estimate of drug-likeness (QED) is 0.918. The maximum atomic E-state index is 6.02. The zero-order valence-corrected chi connectivity index (χ0v) is 12.4. The average Bonchev–Trinajstić information content (AvgIpc) is 2.43. The maximum Gasteiger partial charge on any atom is 0.231 e. The number of aromatic nitrogens is 3. The Kier molecular flexibility index (Phi) is 4.21. The lowest BCUT2D eigenvalue weighted by molar-refractivity contribution is 0.0327. The zero-order chi connectivity index (χ0) is 13.9. The van der Waals surface area contributed by atoms with Crippen molar-refractivity contribution < 1.29 is 4.74 Å². The van der Waals surface area contributed by atoms with Crippen molar-refractivity contribution in [3.63, 3.8) is 0 Å². The van der Waals surface area contributed by atoms with Gasteiger partial charge in [-0.05, 0) is 43.7 Å². The van der Waals surface area contributed by atoms with Gasteiger partial charge in [0.1, 0.15) is 0 Å². The summed E-state index contributed by atoms with van der Waals surface area (Å²) in [6, 6.07) is 0.368. The van der Waals surface area contributed by atoms with Crippen molar-refractivity contribution in [2.75, 3.05) is 30.4 Å². The van der Waals surface area contributed by atoms with Gasteiger partial charge in [0.15, 0.2) is 0 Å². The number of hydrogen-bond donors (Lipinski definition) is 1. The molecule has 1 saturated carbocycles. The summed E-state index contributed by atoms with van der Waals surface area (Å²) >= 11 is 6.02. The van der Waals surface area contributed by atoms with Crippen LogP contribution in [0.25, 0.3) is 0 Å². The molecular weight excluding hydrogens is 278 g/mol. The number of nitrogens with one attached hydrogen (secondary N) is 1. The number of hydrogen-bond acceptors (Lipinski definition) is 6. The molecule has 0 amide bonds. The van der Waals surface area contributed by atoms with Gasteiger partial charge in [-0.25, -0.2) is 0 Å². The molecule has 1 saturated heterocycles. The normalized spacial score (nSPS) is 26.2. The molecule has 3 rings (SSSR count). The Balaban J connectivity index is 1.67. The summed E-state index contributed by atoms with van der Waals surface area (Å²) in [5.41, 5.74) is 0. The number of nitrogens with zero attached hydrogens (tertiary/aromatic N) is 4. The lowest BCUT2D eigenvalue weighted by Crippen LogP contribution is -2.40. The molecule has 1 aliphatic carbocycles. The van der Waals surface area contributed by atoms with Crippen LogP contribution in [0.4, 0.5) is 11.9 Å². The standard InChI is InChI=1S/C13H20ClN5O/c1-20-10-7-9(8-10)15-12-16-11(14)17-13(18-12)19-5-3-2-4-6-19/h9-10H,2-8H2,1H3,(H,15,16,17,18). The molecule has 1 aliphatic heterocycles. The van der Waals surface area contributed by atoms with Crippen molar-refractivity contribution in [1.29, 1.82) is 0 Å². The SMILES string of the molecule is COC1CC(Nc2nc(Cl)nc(N3CCCCC3)n2)C1. The van der Waals surface area contributed by atoms with Crippen LogP contribution in [0.5, 0.6) is 0 Å². The zero-order valence-electron chi connectivity index (χ0n) is 11.7. The van der Waals surface area contributed by atoms with Gasteiger partial charge in [-0.3, -0.25) is 0 Å². The number of rotatable bonds is 4. The van der Waals surface area contributed by atoms with Crippen molar-refractivity contribution in [3.05, 3.63) is 5.28 Å². The number of anilines is 2. The van der Waals surface area contributed by atoms with E-state index in [9.17, 15) is 0 Å². The van der Waals surface area contributed by atoms with Gasteiger partial charge in [0.25, 0.3) is 0 Å². The predicted octanol–water partition coefficient (Wildman–Crippen LogP) is 2.10. The average molecular weight is 298 g/mol. The minimum atomic E-state index is 0.255. The highest BCUT2D eigenvalue weighted by molar-refractivity contribution is 6.28. The van der Waals surface area contributed by atoms with E-state index in [4.69, 9.17) is 16.3 Å². The second-order valence-corrected chi connectivity index (χ2v) is 5.78. The van der Waals surface area contributed by atoms with Crippen molar-refractivity contribution in [2.45, 2.75) is 44.2 Å². The lowest BCUT2D eigenvalue weighted by Gasteiger charge is -2.34. The maximum absolute atomic E-state index is 6.02. The summed E-state index contributed by atoms with van der Waals surface area (Å²) in [6.45, 7) is 1.99. The first kappa shape index (κ1) is 13.8. The molecule has 0 spiro atoms. The van der Waals surface area contributed by atoms with Gasteiger partial charge in [0.2, 0.25) is 17.2 Å². The Hall–Kier alpha value is -1.14. The van der Waals surface area contributed by atoms with Crippen LogP contribution in [0, 0.1) is 0 Å². The van der Waals surface area contributed by atoms with E-state index < -0.39 is 0 Å². The summed E-state index contributed by atoms with van der Waals surface area (Å²) in [5, 5.41) is 3.56. The molecule has 1 aromatic heterocycles. The number of methoxy groups -OCH3 is 1. The monoisotopic (exact) mass is 297 g/mol. The Labute approximate surface area is 123 Å². The molecule has 2 fully saturated rings. The van der Waals surface area contributed by atoms with E-state index >= 15 is 0 Å². The Morgan fingerprint density at radius 1 is 1.15 bits per heavy atom. The molecule has 0 atom stereocenters. The molecule has 20 heavy (non-hydrogen) atoms. The third-order valence-corrected chi connectivity index (χ3v) is 4.17. The van der Waals surface area contributed by atoms with Crippen LogP contribution in [0.2, 0.25) is 5.28 Å². The van der Waals surface area contributed by atoms with E-state index in [-0.39, 0.29) is 5.28 Å². The van der Waals surface area contributed by atoms with E-state index in [0.717, 1.165) is 25.9 Å². The van der Waals surface area contributed by atoms with Crippen molar-refractivity contribution >= 4 is 23.5 Å². The number of piperidine rings is 1. The first-order valence-corrected chi connectivity index (χ1v) is 7.58. The molecule has 0 aromatic carbocycles. The van der Waals surface area contributed by atoms with Crippen LogP contribution in [-0.2, 0) is 4.74 Å². The fourth-order valence-corrected chi connectivity index (χ4v) is 2.85. The second-order valence-electron chi connectivity index (χ2n) is 5.45. The fraction of sp³-hybridized carbons (Fsp3) is 0.769. The van der Waals surface area contributed by atoms with Crippen molar-refractivity contribution in [2.24, 2.45) is 0 Å². The number of ether oxygens (including phenoxy) is 1. The van der Waals surface area contributed by atoms with Crippen molar-refractivity contribution in [3.8, 4) is 0 Å². The molecular formula is C13H20ClN5O. The third-order valence-electron chi connectivity index (χ3n) is 4.00. The van der Waals surface area contributed by atoms with Gasteiger partial charge < -0.3 is 15.0 Å². The van der Waals surface area contributed by atoms with Crippen LogP contribution in [0.15, 0.2) is 0 Å². The summed E-state index contributed by atoms with van der Waals surface area (Å²) in [4.78, 5) is 15.1. The summed E-state index contributed by atoms with van der Waals surface area (Å²) in [5.74, 6) is 1.26. The van der Waals surface area contributed by atoms with E-state index in [2.05, 4.69) is 25.2 Å². The Morgan fingerprint density at radius 2 is 1.90 bits per heavy atom. The Bertz CT molecular complexity index is 460. The van der Waals surface area contributed by atoms with Gasteiger partial charge in [-0.15, -0.1) is 0 Å². The van der Waals surface area contributed by atoms with E-state index in [1.807, 2.05) is 0 Å². The molecule has 0 unspecified atom stereocenters. The van der Waals surface area contributed by atoms with Crippen LogP contribution in [-0.4, -0.2) is 47.3 Å². The lowest BCUT2D eigenvalue weighted by atomic mass is 9.89. The molecule has 0 radical (unpaired) electrons. The molecule has 2 heterocycles. The number of halogens is 1. The minimum absolute atomic E-state index is 0.255. The van der Waals surface area contributed by atoms with Crippen LogP contribution >= 0.6 is 11.6 Å². The molecule has 2 aliphatic rings. The molecule has 0 bridgehead atoms. The molecule has 110 valence electrons.